The molecule has 0 radical (unpaired) electrons. The second-order valence-corrected chi connectivity index (χ2v) is 5.19. The molecule has 0 aliphatic rings. The van der Waals surface area contributed by atoms with Crippen LogP contribution in [0.5, 0.6) is 0 Å². The van der Waals surface area contributed by atoms with Gasteiger partial charge in [-0.1, -0.05) is 23.7 Å². The van der Waals surface area contributed by atoms with Crippen LogP contribution in [0, 0.1) is 16.7 Å². The molecule has 0 spiro atoms. The lowest BCUT2D eigenvalue weighted by Gasteiger charge is -2.00. The Bertz CT molecular complexity index is 1000. The van der Waals surface area contributed by atoms with Gasteiger partial charge < -0.3 is 10.2 Å². The molecule has 0 aliphatic heterocycles. The molecule has 0 saturated heterocycles. The van der Waals surface area contributed by atoms with Crippen molar-refractivity contribution >= 4 is 39.9 Å². The molecule has 1 aromatic heterocycles. The number of nitriles is 1. The first kappa shape index (κ1) is 15.5. The Morgan fingerprint density at radius 1 is 1.33 bits per heavy atom. The summed E-state index contributed by atoms with van der Waals surface area (Å²) in [6.07, 6.45) is 0. The number of hydrazone groups is 1. The number of nitrogens with zero attached hydrogens (tertiary/aromatic N) is 3. The molecular weight excluding hydrogens is 328 g/mol. The van der Waals surface area contributed by atoms with Crippen LogP contribution >= 0.6 is 11.6 Å². The van der Waals surface area contributed by atoms with Gasteiger partial charge in [0.05, 0.1) is 16.3 Å². The number of aromatic nitrogens is 1. The minimum Gasteiger partial charge on any atom is -0.436 e. The number of nitrogens with two attached hydrogens (primary N) is 1. The van der Waals surface area contributed by atoms with E-state index in [0.29, 0.717) is 33.3 Å². The number of amidine groups is 1. The van der Waals surface area contributed by atoms with Gasteiger partial charge in [0.15, 0.2) is 11.4 Å². The molecule has 8 heteroatoms. The summed E-state index contributed by atoms with van der Waals surface area (Å²) in [4.78, 5) is 4.40. The van der Waals surface area contributed by atoms with Crippen molar-refractivity contribution in [1.29, 1.82) is 10.7 Å². The third-order valence-corrected chi connectivity index (χ3v) is 3.48. The lowest BCUT2D eigenvalue weighted by molar-refractivity contribution is 0.620. The van der Waals surface area contributed by atoms with Crippen molar-refractivity contribution in [3.8, 4) is 17.5 Å². The second kappa shape index (κ2) is 6.40. The first-order valence-electron chi connectivity index (χ1n) is 6.82. The molecule has 2 aromatic carbocycles. The molecule has 3 rings (SSSR count). The number of nitrogens with one attached hydrogen (secondary N) is 2. The van der Waals surface area contributed by atoms with Crippen molar-refractivity contribution in [2.75, 3.05) is 5.43 Å². The third-order valence-electron chi connectivity index (χ3n) is 3.15. The molecule has 0 atom stereocenters. The minimum absolute atomic E-state index is 0.204. The molecule has 0 amide bonds. The highest BCUT2D eigenvalue weighted by atomic mass is 35.5. The van der Waals surface area contributed by atoms with Gasteiger partial charge in [0.1, 0.15) is 11.6 Å². The summed E-state index contributed by atoms with van der Waals surface area (Å²) in [5.74, 6) is 0.00412. The maximum absolute atomic E-state index is 8.82. The van der Waals surface area contributed by atoms with E-state index in [1.54, 1.807) is 30.3 Å². The van der Waals surface area contributed by atoms with Gasteiger partial charge in [-0.3, -0.25) is 10.8 Å². The van der Waals surface area contributed by atoms with Gasteiger partial charge in [0.25, 0.3) is 0 Å². The zero-order valence-electron chi connectivity index (χ0n) is 12.2. The summed E-state index contributed by atoms with van der Waals surface area (Å²) < 4.78 is 5.74. The quantitative estimate of drug-likeness (QED) is 0.382. The van der Waals surface area contributed by atoms with Crippen molar-refractivity contribution < 1.29 is 4.42 Å². The number of fused-ring (bicyclic) bond motifs is 1. The third kappa shape index (κ3) is 3.04. The molecule has 24 heavy (non-hydrogen) atoms. The van der Waals surface area contributed by atoms with E-state index in [9.17, 15) is 0 Å². The molecule has 4 N–H and O–H groups in total. The van der Waals surface area contributed by atoms with Crippen LogP contribution in [0.4, 0.5) is 5.69 Å². The smallest absolute Gasteiger partial charge is 0.228 e. The fraction of sp³-hybridized carbons (Fsp3) is 0. The molecule has 118 valence electrons. The number of anilines is 1. The second-order valence-electron chi connectivity index (χ2n) is 4.78. The zero-order valence-corrected chi connectivity index (χ0v) is 13.0. The van der Waals surface area contributed by atoms with E-state index >= 15 is 0 Å². The van der Waals surface area contributed by atoms with E-state index in [-0.39, 0.29) is 5.71 Å². The van der Waals surface area contributed by atoms with Crippen LogP contribution in [0.15, 0.2) is 52.0 Å². The molecule has 0 saturated carbocycles. The predicted octanol–water partition coefficient (Wildman–Crippen LogP) is 3.38. The van der Waals surface area contributed by atoms with Gasteiger partial charge in [0.2, 0.25) is 11.6 Å². The van der Waals surface area contributed by atoms with Crippen molar-refractivity contribution in [3.63, 3.8) is 0 Å². The Morgan fingerprint density at radius 3 is 2.83 bits per heavy atom. The number of rotatable bonds is 4. The van der Waals surface area contributed by atoms with Crippen LogP contribution < -0.4 is 11.2 Å². The molecule has 0 fully saturated rings. The molecular formula is C16H11ClN6O. The highest BCUT2D eigenvalue weighted by molar-refractivity contribution is 6.45. The van der Waals surface area contributed by atoms with Gasteiger partial charge in [-0.25, -0.2) is 4.98 Å². The monoisotopic (exact) mass is 338 g/mol. The van der Waals surface area contributed by atoms with Crippen LogP contribution in [-0.4, -0.2) is 16.5 Å². The summed E-state index contributed by atoms with van der Waals surface area (Å²) in [6, 6.07) is 14.1. The van der Waals surface area contributed by atoms with Crippen molar-refractivity contribution in [1.82, 2.24) is 4.98 Å². The number of hydrogen-bond donors (Lipinski definition) is 3. The van der Waals surface area contributed by atoms with Gasteiger partial charge in [0, 0.05) is 6.07 Å². The molecule has 1 heterocycles. The van der Waals surface area contributed by atoms with Crippen molar-refractivity contribution in [2.24, 2.45) is 10.8 Å². The van der Waals surface area contributed by atoms with Gasteiger partial charge in [-0.05, 0) is 24.3 Å². The van der Waals surface area contributed by atoms with E-state index in [4.69, 9.17) is 32.4 Å². The standard InChI is InChI=1S/C16H11ClN6O/c17-11-4-2-1-3-10(11)16-21-12-6-5-9(7-14(12)24-16)22-23-13(8-18)15(19)20/h1-7,22H,(H3,19,20)/b23-13+. The Balaban J connectivity index is 1.94. The topological polar surface area (TPSA) is 124 Å². The Labute approximate surface area is 141 Å². The van der Waals surface area contributed by atoms with Crippen LogP contribution in [0.2, 0.25) is 5.02 Å². The SMILES string of the molecule is N#C/C(=N\Nc1ccc2nc(-c3ccccc3Cl)oc2c1)C(=N)N. The normalized spacial score (nSPS) is 11.2. The fourth-order valence-corrected chi connectivity index (χ4v) is 2.23. The van der Waals surface area contributed by atoms with Gasteiger partial charge >= 0.3 is 0 Å². The Kier molecular flexibility index (Phi) is 4.14. The zero-order chi connectivity index (χ0) is 17.1. The number of benzene rings is 2. The van der Waals surface area contributed by atoms with Crippen molar-refractivity contribution in [3.05, 3.63) is 47.5 Å². The fourth-order valence-electron chi connectivity index (χ4n) is 2.01. The van der Waals surface area contributed by atoms with E-state index in [2.05, 4.69) is 15.5 Å². The molecule has 0 unspecified atom stereocenters. The first-order chi connectivity index (χ1) is 11.6. The summed E-state index contributed by atoms with van der Waals surface area (Å²) in [5, 5.41) is 20.3. The number of oxazole rings is 1. The number of hydrogen-bond acceptors (Lipinski definition) is 6. The van der Waals surface area contributed by atoms with Crippen LogP contribution in [0.25, 0.3) is 22.6 Å². The van der Waals surface area contributed by atoms with E-state index < -0.39 is 5.84 Å². The predicted molar refractivity (Wildman–Crippen MR) is 93.0 cm³/mol. The lowest BCUT2D eigenvalue weighted by Crippen LogP contribution is -2.21. The van der Waals surface area contributed by atoms with Gasteiger partial charge in [-0.15, -0.1) is 0 Å². The maximum Gasteiger partial charge on any atom is 0.228 e. The minimum atomic E-state index is -0.410. The number of halogens is 1. The summed E-state index contributed by atoms with van der Waals surface area (Å²) in [5.41, 5.74) is 10.1. The van der Waals surface area contributed by atoms with Crippen LogP contribution in [0.1, 0.15) is 0 Å². The first-order valence-corrected chi connectivity index (χ1v) is 7.20. The van der Waals surface area contributed by atoms with E-state index in [1.165, 1.54) is 0 Å². The van der Waals surface area contributed by atoms with Crippen LogP contribution in [0.3, 0.4) is 0 Å². The molecule has 0 aliphatic carbocycles. The average Bonchev–Trinajstić information content (AvgIpc) is 2.98. The molecule has 7 nitrogen and oxygen atoms in total. The largest absolute Gasteiger partial charge is 0.436 e. The van der Waals surface area contributed by atoms with E-state index in [0.717, 1.165) is 0 Å². The lowest BCUT2D eigenvalue weighted by atomic mass is 10.2. The van der Waals surface area contributed by atoms with Crippen LogP contribution in [-0.2, 0) is 0 Å². The molecule has 3 aromatic rings. The van der Waals surface area contributed by atoms with Gasteiger partial charge in [-0.2, -0.15) is 10.4 Å². The molecule has 0 bridgehead atoms. The highest BCUT2D eigenvalue weighted by Crippen LogP contribution is 2.30. The highest BCUT2D eigenvalue weighted by Gasteiger charge is 2.11. The van der Waals surface area contributed by atoms with E-state index in [1.807, 2.05) is 18.2 Å². The maximum atomic E-state index is 8.82. The summed E-state index contributed by atoms with van der Waals surface area (Å²) in [6.45, 7) is 0. The summed E-state index contributed by atoms with van der Waals surface area (Å²) in [7, 11) is 0. The Hall–Kier alpha value is -3.37. The summed E-state index contributed by atoms with van der Waals surface area (Å²) >= 11 is 6.16. The average molecular weight is 339 g/mol. The Morgan fingerprint density at radius 2 is 2.12 bits per heavy atom. The van der Waals surface area contributed by atoms with Crippen molar-refractivity contribution in [2.45, 2.75) is 0 Å².